The fraction of sp³-hybridized carbons (Fsp3) is 0.355. The summed E-state index contributed by atoms with van der Waals surface area (Å²) < 4.78 is 5.19. The molecule has 1 saturated heterocycles. The van der Waals surface area contributed by atoms with Gasteiger partial charge < -0.3 is 20.7 Å². The monoisotopic (exact) mass is 520 g/mol. The van der Waals surface area contributed by atoms with Gasteiger partial charge in [-0.15, -0.1) is 0 Å². The lowest BCUT2D eigenvalue weighted by atomic mass is 9.76. The number of nitrogens with zero attached hydrogens (tertiary/aromatic N) is 4. The minimum absolute atomic E-state index is 0.0534. The minimum Gasteiger partial charge on any atom is -0.497 e. The Kier molecular flexibility index (Phi) is 5.65. The number of hydrogen-bond donors (Lipinski definition) is 2. The fourth-order valence-corrected chi connectivity index (χ4v) is 7.43. The molecule has 2 saturated carbocycles. The molecule has 2 bridgehead atoms. The lowest BCUT2D eigenvalue weighted by Gasteiger charge is -2.35. The smallest absolute Gasteiger partial charge is 0.260 e. The van der Waals surface area contributed by atoms with Gasteiger partial charge in [0, 0.05) is 35.8 Å². The van der Waals surface area contributed by atoms with E-state index < -0.39 is 0 Å². The molecule has 2 aromatic heterocycles. The van der Waals surface area contributed by atoms with Crippen LogP contribution in [0, 0.1) is 17.8 Å². The molecule has 3 fully saturated rings. The van der Waals surface area contributed by atoms with Gasteiger partial charge >= 0.3 is 0 Å². The van der Waals surface area contributed by atoms with E-state index in [9.17, 15) is 4.79 Å². The summed E-state index contributed by atoms with van der Waals surface area (Å²) in [6.07, 6.45) is 8.11. The zero-order valence-electron chi connectivity index (χ0n) is 22.0. The van der Waals surface area contributed by atoms with Crippen LogP contribution in [0.2, 0.25) is 0 Å². The Morgan fingerprint density at radius 2 is 1.95 bits per heavy atom. The molecule has 3 N–H and O–H groups in total. The molecule has 3 heterocycles. The molecule has 4 atom stereocenters. The Balaban J connectivity index is 1.11. The normalized spacial score (nSPS) is 25.5. The average molecular weight is 521 g/mol. The number of carbonyl (C=O) groups is 1. The quantitative estimate of drug-likeness (QED) is 0.379. The number of para-hydroxylation sites is 1. The van der Waals surface area contributed by atoms with E-state index in [-0.39, 0.29) is 17.1 Å². The third kappa shape index (κ3) is 4.06. The third-order valence-electron chi connectivity index (χ3n) is 9.21. The number of carbonyl (C=O) groups excluding carboxylic acids is 1. The van der Waals surface area contributed by atoms with Crippen molar-refractivity contribution in [3.8, 4) is 5.75 Å². The van der Waals surface area contributed by atoms with Gasteiger partial charge in [-0.2, -0.15) is 0 Å². The molecule has 4 aromatic rings. The molecule has 8 heteroatoms. The van der Waals surface area contributed by atoms with Crippen LogP contribution in [0.4, 0.5) is 17.2 Å². The maximum atomic E-state index is 12.9. The maximum absolute atomic E-state index is 12.9. The van der Waals surface area contributed by atoms with E-state index in [1.807, 2.05) is 12.3 Å². The lowest BCUT2D eigenvalue weighted by Crippen LogP contribution is -2.38. The summed E-state index contributed by atoms with van der Waals surface area (Å²) in [5.41, 5.74) is 9.54. The predicted octanol–water partition coefficient (Wildman–Crippen LogP) is 5.06. The van der Waals surface area contributed by atoms with Crippen molar-refractivity contribution in [1.29, 1.82) is 0 Å². The molecule has 1 aliphatic heterocycles. The first-order chi connectivity index (χ1) is 19.0. The summed E-state index contributed by atoms with van der Waals surface area (Å²) in [4.78, 5) is 29.8. The van der Waals surface area contributed by atoms with Crippen LogP contribution in [0.1, 0.15) is 41.9 Å². The van der Waals surface area contributed by atoms with E-state index in [2.05, 4.69) is 34.5 Å². The van der Waals surface area contributed by atoms with Crippen LogP contribution in [-0.2, 0) is 5.41 Å². The summed E-state index contributed by atoms with van der Waals surface area (Å²) >= 11 is 0. The van der Waals surface area contributed by atoms with Crippen molar-refractivity contribution >= 4 is 34.0 Å². The molecular weight excluding hydrogens is 488 g/mol. The topological polar surface area (TPSA) is 106 Å². The fourth-order valence-electron chi connectivity index (χ4n) is 7.43. The summed E-state index contributed by atoms with van der Waals surface area (Å²) in [7, 11) is 1.61. The van der Waals surface area contributed by atoms with Crippen LogP contribution < -0.4 is 20.7 Å². The molecule has 4 unspecified atom stereocenters. The number of nitrogens with one attached hydrogen (secondary N) is 1. The van der Waals surface area contributed by atoms with Crippen LogP contribution in [0.5, 0.6) is 5.75 Å². The first-order valence-electron chi connectivity index (χ1n) is 13.7. The summed E-state index contributed by atoms with van der Waals surface area (Å²) in [5.74, 6) is 3.14. The molecule has 0 spiro atoms. The second-order valence-corrected chi connectivity index (χ2v) is 11.3. The Labute approximate surface area is 227 Å². The van der Waals surface area contributed by atoms with Gasteiger partial charge in [-0.25, -0.2) is 9.97 Å². The Morgan fingerprint density at radius 3 is 2.77 bits per heavy atom. The van der Waals surface area contributed by atoms with Crippen molar-refractivity contribution in [1.82, 2.24) is 15.0 Å². The number of rotatable bonds is 5. The highest BCUT2D eigenvalue weighted by molar-refractivity contribution is 6.07. The van der Waals surface area contributed by atoms with Gasteiger partial charge in [0.1, 0.15) is 23.0 Å². The molecule has 39 heavy (non-hydrogen) atoms. The average Bonchev–Trinajstić information content (AvgIpc) is 3.45. The zero-order valence-corrected chi connectivity index (χ0v) is 22.0. The molecule has 198 valence electrons. The molecule has 7 rings (SSSR count). The van der Waals surface area contributed by atoms with Crippen LogP contribution in [0.25, 0.3) is 10.9 Å². The van der Waals surface area contributed by atoms with Crippen molar-refractivity contribution in [2.75, 3.05) is 36.1 Å². The number of pyridine rings is 1. The van der Waals surface area contributed by atoms with E-state index in [4.69, 9.17) is 25.4 Å². The summed E-state index contributed by atoms with van der Waals surface area (Å²) in [5, 5.41) is 4.07. The zero-order chi connectivity index (χ0) is 26.6. The van der Waals surface area contributed by atoms with E-state index >= 15 is 0 Å². The molecule has 1 amide bonds. The van der Waals surface area contributed by atoms with Crippen LogP contribution in [0.15, 0.2) is 67.0 Å². The second-order valence-electron chi connectivity index (χ2n) is 11.3. The van der Waals surface area contributed by atoms with Crippen LogP contribution in [0.3, 0.4) is 0 Å². The Morgan fingerprint density at radius 1 is 1.10 bits per heavy atom. The highest BCUT2D eigenvalue weighted by Crippen LogP contribution is 2.60. The Hall–Kier alpha value is -4.20. The van der Waals surface area contributed by atoms with Crippen molar-refractivity contribution in [3.05, 3.63) is 78.4 Å². The molecule has 0 radical (unpaired) electrons. The first kappa shape index (κ1) is 23.9. The number of amides is 1. The summed E-state index contributed by atoms with van der Waals surface area (Å²) in [6, 6.07) is 17.8. The number of benzene rings is 2. The lowest BCUT2D eigenvalue weighted by molar-refractivity contribution is 0.102. The summed E-state index contributed by atoms with van der Waals surface area (Å²) in [6.45, 7) is 2.05. The van der Waals surface area contributed by atoms with Gasteiger partial charge in [0.15, 0.2) is 0 Å². The van der Waals surface area contributed by atoms with Gasteiger partial charge in [0.2, 0.25) is 0 Å². The number of nitrogens with two attached hydrogens (primary N) is 1. The standard InChI is InChI=1S/C31H32N6O2/c1-39-24-8-6-22(7-9-24)35-29(38)25-16-34-30(36-28(25)32)31-11-10-21-18-37(17-19(14-31)12-26(21)31)23-13-20-4-2-3-5-27(20)33-15-23/h2-9,13,15-16,19,21,26H,10-12,14,17-18H2,1H3,(H,35,38)(H2,32,34,36). The van der Waals surface area contributed by atoms with Gasteiger partial charge in [-0.1, -0.05) is 18.2 Å². The number of hydrogen-bond acceptors (Lipinski definition) is 7. The first-order valence-corrected chi connectivity index (χ1v) is 13.7. The number of nitrogen functional groups attached to an aromatic ring is 1. The largest absolute Gasteiger partial charge is 0.497 e. The van der Waals surface area contributed by atoms with Crippen LogP contribution in [-0.4, -0.2) is 41.1 Å². The SMILES string of the molecule is COc1ccc(NC(=O)c2cnc(C34CCC5CN(c6cnc7ccccc7c6)CC(CC53)C4)nc2N)cc1. The molecule has 2 aliphatic carbocycles. The van der Waals surface area contributed by atoms with Crippen molar-refractivity contribution in [2.45, 2.75) is 31.1 Å². The van der Waals surface area contributed by atoms with E-state index in [0.717, 1.165) is 49.4 Å². The van der Waals surface area contributed by atoms with Crippen molar-refractivity contribution < 1.29 is 9.53 Å². The molecular formula is C31H32N6O2. The highest BCUT2D eigenvalue weighted by Gasteiger charge is 2.58. The van der Waals surface area contributed by atoms with Crippen LogP contribution >= 0.6 is 0 Å². The van der Waals surface area contributed by atoms with Gasteiger partial charge in [-0.3, -0.25) is 9.78 Å². The van der Waals surface area contributed by atoms with Gasteiger partial charge in [-0.05, 0) is 79.8 Å². The van der Waals surface area contributed by atoms with Crippen molar-refractivity contribution in [2.24, 2.45) is 17.8 Å². The van der Waals surface area contributed by atoms with Crippen molar-refractivity contribution in [3.63, 3.8) is 0 Å². The number of anilines is 3. The van der Waals surface area contributed by atoms with Gasteiger partial charge in [0.25, 0.3) is 5.91 Å². The molecule has 8 nitrogen and oxygen atoms in total. The second kappa shape index (κ2) is 9.22. The Bertz CT molecular complexity index is 1560. The minimum atomic E-state index is -0.312. The molecule has 2 aromatic carbocycles. The van der Waals surface area contributed by atoms with E-state index in [1.54, 1.807) is 37.6 Å². The van der Waals surface area contributed by atoms with Gasteiger partial charge in [0.05, 0.1) is 24.5 Å². The number of aromatic nitrogens is 3. The number of methoxy groups -OCH3 is 1. The third-order valence-corrected chi connectivity index (χ3v) is 9.21. The van der Waals surface area contributed by atoms with E-state index in [0.29, 0.717) is 29.0 Å². The molecule has 3 aliphatic rings. The maximum Gasteiger partial charge on any atom is 0.260 e. The predicted molar refractivity (Wildman–Crippen MR) is 152 cm³/mol. The number of fused-ring (bicyclic) bond motifs is 2. The number of ether oxygens (including phenoxy) is 1. The highest BCUT2D eigenvalue weighted by atomic mass is 16.5. The van der Waals surface area contributed by atoms with E-state index in [1.165, 1.54) is 17.5 Å².